The maximum Gasteiger partial charge on any atom is 0.219 e. The molecule has 1 aliphatic heterocycles. The van der Waals surface area contributed by atoms with Crippen LogP contribution in [-0.4, -0.2) is 65.2 Å². The summed E-state index contributed by atoms with van der Waals surface area (Å²) in [5.41, 5.74) is 0.522. The minimum absolute atomic E-state index is 0.0142. The van der Waals surface area contributed by atoms with E-state index in [4.69, 9.17) is 4.74 Å². The second kappa shape index (κ2) is 8.42. The number of carbonyl (C=O) groups excluding carboxylic acids is 1. The lowest BCUT2D eigenvalue weighted by atomic mass is 9.75. The molecule has 28 heavy (non-hydrogen) atoms. The first-order valence-electron chi connectivity index (χ1n) is 10.6. The number of rotatable bonds is 4. The predicted molar refractivity (Wildman–Crippen MR) is 111 cm³/mol. The van der Waals surface area contributed by atoms with Crippen LogP contribution in [0.25, 0.3) is 0 Å². The third-order valence-corrected chi connectivity index (χ3v) is 6.44. The molecule has 1 heterocycles. The monoisotopic (exact) mass is 388 g/mol. The molecule has 0 aromatic heterocycles. The summed E-state index contributed by atoms with van der Waals surface area (Å²) in [5.74, 6) is 0.768. The van der Waals surface area contributed by atoms with Crippen molar-refractivity contribution in [2.24, 2.45) is 5.41 Å². The Morgan fingerprint density at radius 2 is 1.79 bits per heavy atom. The van der Waals surface area contributed by atoms with E-state index in [2.05, 4.69) is 18.7 Å². The largest absolute Gasteiger partial charge is 0.490 e. The SMILES string of the molecule is CC(=O)N1CCN(C2CCC(C)(C)CC2)C[C@](O)(COc2ccc(C)cc2)C1. The molecule has 0 spiro atoms. The molecule has 1 saturated carbocycles. The summed E-state index contributed by atoms with van der Waals surface area (Å²) in [7, 11) is 0. The third kappa shape index (κ3) is 5.48. The molecule has 3 rings (SSSR count). The van der Waals surface area contributed by atoms with E-state index < -0.39 is 5.60 Å². The van der Waals surface area contributed by atoms with Crippen molar-refractivity contribution in [2.45, 2.75) is 65.0 Å². The predicted octanol–water partition coefficient (Wildman–Crippen LogP) is 3.24. The van der Waals surface area contributed by atoms with Crippen molar-refractivity contribution in [1.82, 2.24) is 9.80 Å². The van der Waals surface area contributed by atoms with Gasteiger partial charge in [-0.2, -0.15) is 0 Å². The number of β-amino-alcohol motifs (C(OH)–C–C–N with tert-alkyl or cyclic N) is 1. The number of aliphatic hydroxyl groups is 1. The molecule has 1 aromatic carbocycles. The Hall–Kier alpha value is -1.59. The van der Waals surface area contributed by atoms with Crippen LogP contribution in [0.15, 0.2) is 24.3 Å². The molecular weight excluding hydrogens is 352 g/mol. The van der Waals surface area contributed by atoms with Gasteiger partial charge in [-0.3, -0.25) is 9.69 Å². The molecule has 0 bridgehead atoms. The highest BCUT2D eigenvalue weighted by molar-refractivity contribution is 5.73. The molecule has 1 N–H and O–H groups in total. The molecule has 5 nitrogen and oxygen atoms in total. The van der Waals surface area contributed by atoms with E-state index in [0.29, 0.717) is 31.1 Å². The number of ether oxygens (including phenoxy) is 1. The van der Waals surface area contributed by atoms with Gasteiger partial charge in [-0.1, -0.05) is 31.5 Å². The highest BCUT2D eigenvalue weighted by Gasteiger charge is 2.40. The van der Waals surface area contributed by atoms with Crippen molar-refractivity contribution in [3.63, 3.8) is 0 Å². The zero-order chi connectivity index (χ0) is 20.4. The first-order valence-corrected chi connectivity index (χ1v) is 10.6. The van der Waals surface area contributed by atoms with Crippen LogP contribution in [0.4, 0.5) is 0 Å². The lowest BCUT2D eigenvalue weighted by molar-refractivity contribution is -0.132. The molecule has 156 valence electrons. The minimum Gasteiger partial charge on any atom is -0.490 e. The van der Waals surface area contributed by atoms with Gasteiger partial charge in [0.2, 0.25) is 5.91 Å². The minimum atomic E-state index is -1.07. The molecule has 2 aliphatic rings. The van der Waals surface area contributed by atoms with E-state index in [1.807, 2.05) is 31.2 Å². The number of nitrogens with zero attached hydrogens (tertiary/aromatic N) is 2. The molecule has 0 radical (unpaired) electrons. The molecule has 1 saturated heterocycles. The Balaban J connectivity index is 1.70. The quantitative estimate of drug-likeness (QED) is 0.860. The van der Waals surface area contributed by atoms with Gasteiger partial charge >= 0.3 is 0 Å². The van der Waals surface area contributed by atoms with Gasteiger partial charge in [-0.25, -0.2) is 0 Å². The van der Waals surface area contributed by atoms with Crippen LogP contribution in [-0.2, 0) is 4.79 Å². The number of hydrogen-bond acceptors (Lipinski definition) is 4. The van der Waals surface area contributed by atoms with Crippen LogP contribution in [0.1, 0.15) is 52.0 Å². The highest BCUT2D eigenvalue weighted by atomic mass is 16.5. The zero-order valence-electron chi connectivity index (χ0n) is 17.9. The van der Waals surface area contributed by atoms with Gasteiger partial charge in [-0.05, 0) is 50.2 Å². The van der Waals surface area contributed by atoms with Crippen LogP contribution in [0.5, 0.6) is 5.75 Å². The standard InChI is InChI=1S/C23H36N2O3/c1-18-5-7-21(8-6-18)28-17-23(27)15-24(19(2)26)13-14-25(16-23)20-9-11-22(3,4)12-10-20/h5-8,20,27H,9-17H2,1-4H3/t23-/m0/s1. The van der Waals surface area contributed by atoms with Crippen LogP contribution in [0.2, 0.25) is 0 Å². The van der Waals surface area contributed by atoms with E-state index in [0.717, 1.165) is 25.1 Å². The Bertz CT molecular complexity index is 663. The van der Waals surface area contributed by atoms with Gasteiger partial charge < -0.3 is 14.7 Å². The average Bonchev–Trinajstić information content (AvgIpc) is 2.81. The molecular formula is C23H36N2O3. The summed E-state index contributed by atoms with van der Waals surface area (Å²) >= 11 is 0. The van der Waals surface area contributed by atoms with Gasteiger partial charge in [-0.15, -0.1) is 0 Å². The second-order valence-corrected chi connectivity index (χ2v) is 9.63. The Labute approximate surface area is 169 Å². The van der Waals surface area contributed by atoms with Crippen molar-refractivity contribution < 1.29 is 14.6 Å². The zero-order valence-corrected chi connectivity index (χ0v) is 17.9. The Morgan fingerprint density at radius 3 is 2.39 bits per heavy atom. The van der Waals surface area contributed by atoms with Gasteiger partial charge in [0.15, 0.2) is 0 Å². The molecule has 2 fully saturated rings. The summed E-state index contributed by atoms with van der Waals surface area (Å²) in [5, 5.41) is 11.4. The number of hydrogen-bond donors (Lipinski definition) is 1. The summed E-state index contributed by atoms with van der Waals surface area (Å²) in [6.07, 6.45) is 4.73. The number of amides is 1. The Kier molecular flexibility index (Phi) is 6.35. The Morgan fingerprint density at radius 1 is 1.14 bits per heavy atom. The molecule has 5 heteroatoms. The van der Waals surface area contributed by atoms with Crippen LogP contribution in [0.3, 0.4) is 0 Å². The van der Waals surface area contributed by atoms with Crippen molar-refractivity contribution in [1.29, 1.82) is 0 Å². The van der Waals surface area contributed by atoms with E-state index in [-0.39, 0.29) is 12.5 Å². The van der Waals surface area contributed by atoms with Crippen molar-refractivity contribution in [3.05, 3.63) is 29.8 Å². The van der Waals surface area contributed by atoms with Crippen molar-refractivity contribution >= 4 is 5.91 Å². The fraction of sp³-hybridized carbons (Fsp3) is 0.696. The molecule has 1 amide bonds. The van der Waals surface area contributed by atoms with Crippen molar-refractivity contribution in [3.8, 4) is 5.75 Å². The van der Waals surface area contributed by atoms with Gasteiger partial charge in [0, 0.05) is 32.6 Å². The fourth-order valence-electron chi connectivity index (χ4n) is 4.46. The van der Waals surface area contributed by atoms with Gasteiger partial charge in [0.05, 0.1) is 6.54 Å². The number of aryl methyl sites for hydroxylation is 1. The van der Waals surface area contributed by atoms with Crippen LogP contribution in [0, 0.1) is 12.3 Å². The first kappa shape index (κ1) is 21.1. The smallest absolute Gasteiger partial charge is 0.219 e. The first-order chi connectivity index (χ1) is 13.2. The van der Waals surface area contributed by atoms with E-state index in [9.17, 15) is 9.90 Å². The molecule has 1 aliphatic carbocycles. The number of benzene rings is 1. The highest BCUT2D eigenvalue weighted by Crippen LogP contribution is 2.37. The summed E-state index contributed by atoms with van der Waals surface area (Å²) in [6, 6.07) is 8.35. The fourth-order valence-corrected chi connectivity index (χ4v) is 4.46. The lowest BCUT2D eigenvalue weighted by Gasteiger charge is -2.41. The maximum atomic E-state index is 12.1. The number of carbonyl (C=O) groups is 1. The van der Waals surface area contributed by atoms with Crippen LogP contribution < -0.4 is 4.74 Å². The molecule has 1 atom stereocenters. The van der Waals surface area contributed by atoms with Gasteiger partial charge in [0.1, 0.15) is 18.0 Å². The van der Waals surface area contributed by atoms with Gasteiger partial charge in [0.25, 0.3) is 0 Å². The summed E-state index contributed by atoms with van der Waals surface area (Å²) in [6.45, 7) is 10.9. The van der Waals surface area contributed by atoms with E-state index in [1.54, 1.807) is 11.8 Å². The average molecular weight is 389 g/mol. The van der Waals surface area contributed by atoms with E-state index in [1.165, 1.54) is 18.4 Å². The molecule has 0 unspecified atom stereocenters. The molecule has 1 aromatic rings. The normalized spacial score (nSPS) is 26.7. The third-order valence-electron chi connectivity index (χ3n) is 6.44. The second-order valence-electron chi connectivity index (χ2n) is 9.63. The van der Waals surface area contributed by atoms with E-state index >= 15 is 0 Å². The van der Waals surface area contributed by atoms with Crippen LogP contribution >= 0.6 is 0 Å². The maximum absolute atomic E-state index is 12.1. The lowest BCUT2D eigenvalue weighted by Crippen LogP contribution is -2.53. The topological polar surface area (TPSA) is 53.0 Å². The van der Waals surface area contributed by atoms with Crippen molar-refractivity contribution in [2.75, 3.05) is 32.8 Å². The summed E-state index contributed by atoms with van der Waals surface area (Å²) in [4.78, 5) is 16.2. The summed E-state index contributed by atoms with van der Waals surface area (Å²) < 4.78 is 5.94.